The summed E-state index contributed by atoms with van der Waals surface area (Å²) in [5, 5.41) is 11.6. The highest BCUT2D eigenvalue weighted by Gasteiger charge is 2.30. The van der Waals surface area contributed by atoms with E-state index in [4.69, 9.17) is 4.74 Å². The third kappa shape index (κ3) is 6.85. The molecule has 174 valence electrons. The predicted octanol–water partition coefficient (Wildman–Crippen LogP) is 5.03. The van der Waals surface area contributed by atoms with Gasteiger partial charge in [-0.25, -0.2) is 0 Å². The Morgan fingerprint density at radius 1 is 1.21 bits per heavy atom. The molecular formula is C23H23F3N4O2S. The number of thioether (sulfide) groups is 1. The van der Waals surface area contributed by atoms with E-state index in [9.17, 15) is 18.0 Å². The third-order valence-corrected chi connectivity index (χ3v) is 5.61. The fourth-order valence-electron chi connectivity index (χ4n) is 2.99. The molecule has 0 spiro atoms. The van der Waals surface area contributed by atoms with Crippen LogP contribution in [0.3, 0.4) is 0 Å². The number of halogens is 3. The maximum Gasteiger partial charge on any atom is 0.416 e. The molecule has 0 bridgehead atoms. The molecule has 3 aromatic rings. The van der Waals surface area contributed by atoms with Crippen molar-refractivity contribution in [1.82, 2.24) is 20.1 Å². The second kappa shape index (κ2) is 11.0. The molecule has 0 aliphatic carbocycles. The van der Waals surface area contributed by atoms with Gasteiger partial charge in [0.1, 0.15) is 12.4 Å². The summed E-state index contributed by atoms with van der Waals surface area (Å²) in [5.41, 5.74) is 0.208. The highest BCUT2D eigenvalue weighted by molar-refractivity contribution is 7.99. The first-order chi connectivity index (χ1) is 15.8. The first-order valence-corrected chi connectivity index (χ1v) is 11.1. The lowest BCUT2D eigenvalue weighted by Gasteiger charge is -2.14. The summed E-state index contributed by atoms with van der Waals surface area (Å²) in [4.78, 5) is 12.4. The minimum atomic E-state index is -4.45. The van der Waals surface area contributed by atoms with Gasteiger partial charge in [0.2, 0.25) is 5.91 Å². The molecule has 0 fully saturated rings. The number of amides is 1. The summed E-state index contributed by atoms with van der Waals surface area (Å²) >= 11 is 1.21. The number of nitrogens with zero attached hydrogens (tertiary/aromatic N) is 3. The van der Waals surface area contributed by atoms with Crippen LogP contribution in [0.1, 0.15) is 29.9 Å². The highest BCUT2D eigenvalue weighted by Crippen LogP contribution is 2.31. The van der Waals surface area contributed by atoms with Crippen LogP contribution in [0.4, 0.5) is 13.2 Å². The van der Waals surface area contributed by atoms with Crippen molar-refractivity contribution >= 4 is 17.7 Å². The molecule has 1 N–H and O–H groups in total. The highest BCUT2D eigenvalue weighted by atomic mass is 32.2. The van der Waals surface area contributed by atoms with E-state index in [1.165, 1.54) is 23.9 Å². The van der Waals surface area contributed by atoms with Crippen molar-refractivity contribution < 1.29 is 22.7 Å². The molecule has 10 heteroatoms. The van der Waals surface area contributed by atoms with E-state index in [0.29, 0.717) is 17.5 Å². The van der Waals surface area contributed by atoms with E-state index in [1.54, 1.807) is 10.6 Å². The zero-order valence-corrected chi connectivity index (χ0v) is 18.7. The molecule has 1 atom stereocenters. The number of carbonyl (C=O) groups is 1. The van der Waals surface area contributed by atoms with Crippen molar-refractivity contribution in [1.29, 1.82) is 0 Å². The monoisotopic (exact) mass is 476 g/mol. The van der Waals surface area contributed by atoms with Gasteiger partial charge in [0, 0.05) is 6.54 Å². The van der Waals surface area contributed by atoms with Gasteiger partial charge in [0.15, 0.2) is 11.0 Å². The number of allylic oxidation sites excluding steroid dienone is 1. The van der Waals surface area contributed by atoms with Crippen molar-refractivity contribution in [2.24, 2.45) is 0 Å². The lowest BCUT2D eigenvalue weighted by Crippen LogP contribution is -2.28. The summed E-state index contributed by atoms with van der Waals surface area (Å²) in [7, 11) is 0. The molecule has 3 rings (SSSR count). The van der Waals surface area contributed by atoms with E-state index in [2.05, 4.69) is 22.1 Å². The van der Waals surface area contributed by atoms with Crippen LogP contribution in [0.5, 0.6) is 5.75 Å². The van der Waals surface area contributed by atoms with Crippen molar-refractivity contribution in [2.45, 2.75) is 37.4 Å². The van der Waals surface area contributed by atoms with Crippen LogP contribution in [0.2, 0.25) is 0 Å². The van der Waals surface area contributed by atoms with Gasteiger partial charge in [-0.05, 0) is 30.7 Å². The fourth-order valence-corrected chi connectivity index (χ4v) is 3.77. The van der Waals surface area contributed by atoms with Gasteiger partial charge in [-0.2, -0.15) is 13.2 Å². The molecule has 1 heterocycles. The second-order valence-corrected chi connectivity index (χ2v) is 8.04. The summed E-state index contributed by atoms with van der Waals surface area (Å²) in [6.07, 6.45) is -2.82. The summed E-state index contributed by atoms with van der Waals surface area (Å²) in [5.74, 6) is 0.446. The number of hydrogen-bond donors (Lipinski definition) is 1. The Labute approximate surface area is 193 Å². The molecule has 1 aromatic heterocycles. The van der Waals surface area contributed by atoms with Crippen LogP contribution in [0.25, 0.3) is 0 Å². The Morgan fingerprint density at radius 2 is 1.97 bits per heavy atom. The molecule has 33 heavy (non-hydrogen) atoms. The Balaban J connectivity index is 1.61. The van der Waals surface area contributed by atoms with Crippen LogP contribution in [0, 0.1) is 0 Å². The first kappa shape index (κ1) is 24.4. The molecule has 6 nitrogen and oxygen atoms in total. The third-order valence-electron chi connectivity index (χ3n) is 4.64. The number of aromatic nitrogens is 3. The van der Waals surface area contributed by atoms with E-state index in [-0.39, 0.29) is 30.1 Å². The van der Waals surface area contributed by atoms with Crippen molar-refractivity contribution in [3.05, 3.63) is 84.2 Å². The van der Waals surface area contributed by atoms with Gasteiger partial charge in [0.25, 0.3) is 0 Å². The first-order valence-electron chi connectivity index (χ1n) is 10.1. The number of rotatable bonds is 10. The number of benzene rings is 2. The Bertz CT molecular complexity index is 1090. The van der Waals surface area contributed by atoms with E-state index in [1.807, 2.05) is 37.3 Å². The second-order valence-electron chi connectivity index (χ2n) is 7.10. The Hall–Kier alpha value is -3.27. The van der Waals surface area contributed by atoms with E-state index < -0.39 is 11.7 Å². The molecule has 0 radical (unpaired) electrons. The molecular weight excluding hydrogens is 453 g/mol. The zero-order chi connectivity index (χ0) is 23.8. The maximum atomic E-state index is 12.9. The quantitative estimate of drug-likeness (QED) is 0.328. The van der Waals surface area contributed by atoms with Gasteiger partial charge < -0.3 is 10.1 Å². The average Bonchev–Trinajstić information content (AvgIpc) is 3.18. The molecule has 1 amide bonds. The van der Waals surface area contributed by atoms with Crippen LogP contribution in [-0.2, 0) is 24.1 Å². The van der Waals surface area contributed by atoms with Gasteiger partial charge in [-0.15, -0.1) is 16.8 Å². The molecule has 0 saturated carbocycles. The molecule has 2 aromatic carbocycles. The SMILES string of the molecule is C=CCn1c(COc2cccc(C(F)(F)F)c2)nnc1SCC(=O)NC(C)c1ccccc1. The topological polar surface area (TPSA) is 69.0 Å². The predicted molar refractivity (Wildman–Crippen MR) is 120 cm³/mol. The fraction of sp³-hybridized carbons (Fsp3) is 0.261. The summed E-state index contributed by atoms with van der Waals surface area (Å²) in [6.45, 7) is 5.89. The van der Waals surface area contributed by atoms with E-state index >= 15 is 0 Å². The van der Waals surface area contributed by atoms with Gasteiger partial charge in [-0.1, -0.05) is 54.2 Å². The molecule has 0 saturated heterocycles. The van der Waals surface area contributed by atoms with Gasteiger partial charge >= 0.3 is 6.18 Å². The average molecular weight is 477 g/mol. The molecule has 0 aliphatic heterocycles. The van der Waals surface area contributed by atoms with E-state index in [0.717, 1.165) is 17.7 Å². The van der Waals surface area contributed by atoms with Crippen molar-refractivity contribution in [3.63, 3.8) is 0 Å². The van der Waals surface area contributed by atoms with Crippen LogP contribution in [0.15, 0.2) is 72.4 Å². The minimum absolute atomic E-state index is 0.0708. The maximum absolute atomic E-state index is 12.9. The summed E-state index contributed by atoms with van der Waals surface area (Å²) in [6, 6.07) is 14.1. The van der Waals surface area contributed by atoms with Crippen molar-refractivity contribution in [3.8, 4) is 5.75 Å². The number of alkyl halides is 3. The van der Waals surface area contributed by atoms with Crippen LogP contribution in [-0.4, -0.2) is 26.4 Å². The minimum Gasteiger partial charge on any atom is -0.486 e. The molecule has 1 unspecified atom stereocenters. The Morgan fingerprint density at radius 3 is 2.67 bits per heavy atom. The number of carbonyl (C=O) groups excluding carboxylic acids is 1. The molecule has 0 aliphatic rings. The lowest BCUT2D eigenvalue weighted by molar-refractivity contribution is -0.137. The largest absolute Gasteiger partial charge is 0.486 e. The summed E-state index contributed by atoms with van der Waals surface area (Å²) < 4.78 is 45.9. The van der Waals surface area contributed by atoms with Crippen LogP contribution < -0.4 is 10.1 Å². The van der Waals surface area contributed by atoms with Gasteiger partial charge in [-0.3, -0.25) is 9.36 Å². The number of hydrogen-bond acceptors (Lipinski definition) is 5. The van der Waals surface area contributed by atoms with Gasteiger partial charge in [0.05, 0.1) is 17.4 Å². The smallest absolute Gasteiger partial charge is 0.416 e. The zero-order valence-electron chi connectivity index (χ0n) is 17.9. The van der Waals surface area contributed by atoms with Crippen molar-refractivity contribution in [2.75, 3.05) is 5.75 Å². The lowest BCUT2D eigenvalue weighted by atomic mass is 10.1. The number of ether oxygens (including phenoxy) is 1. The normalized spacial score (nSPS) is 12.2. The number of nitrogens with one attached hydrogen (secondary N) is 1. The van der Waals surface area contributed by atoms with Crippen LogP contribution >= 0.6 is 11.8 Å². The standard InChI is InChI=1S/C23H23F3N4O2S/c1-3-12-30-20(14-32-19-11-7-10-18(13-19)23(24,25)26)28-29-22(30)33-15-21(31)27-16(2)17-8-5-4-6-9-17/h3-11,13,16H,1,12,14-15H2,2H3,(H,27,31). The Kier molecular flexibility index (Phi) is 8.16.